The van der Waals surface area contributed by atoms with Crippen LogP contribution in [0.15, 0.2) is 24.3 Å². The third-order valence-electron chi connectivity index (χ3n) is 2.56. The predicted molar refractivity (Wildman–Crippen MR) is 69.0 cm³/mol. The standard InChI is InChI=1S/C14H23NO/c1-4-6-14(11-15-5-2)16-13-9-7-12(3)8-10-13/h7-10,14-15H,4-6,11H2,1-3H3. The van der Waals surface area contributed by atoms with Crippen LogP contribution in [-0.2, 0) is 0 Å². The second kappa shape index (κ2) is 7.29. The lowest BCUT2D eigenvalue weighted by molar-refractivity contribution is 0.187. The molecule has 0 aliphatic carbocycles. The Morgan fingerprint density at radius 1 is 1.19 bits per heavy atom. The van der Waals surface area contributed by atoms with Crippen molar-refractivity contribution in [3.8, 4) is 5.75 Å². The summed E-state index contributed by atoms with van der Waals surface area (Å²) >= 11 is 0. The number of hydrogen-bond acceptors (Lipinski definition) is 2. The topological polar surface area (TPSA) is 21.3 Å². The summed E-state index contributed by atoms with van der Waals surface area (Å²) in [5.41, 5.74) is 1.27. The fraction of sp³-hybridized carbons (Fsp3) is 0.571. The molecule has 0 radical (unpaired) electrons. The lowest BCUT2D eigenvalue weighted by Crippen LogP contribution is -2.31. The lowest BCUT2D eigenvalue weighted by atomic mass is 10.2. The summed E-state index contributed by atoms with van der Waals surface area (Å²) in [4.78, 5) is 0. The summed E-state index contributed by atoms with van der Waals surface area (Å²) in [7, 11) is 0. The normalized spacial score (nSPS) is 12.4. The third kappa shape index (κ3) is 4.67. The summed E-state index contributed by atoms with van der Waals surface area (Å²) in [5.74, 6) is 0.974. The van der Waals surface area contributed by atoms with Gasteiger partial charge in [0.15, 0.2) is 0 Å². The van der Waals surface area contributed by atoms with E-state index in [9.17, 15) is 0 Å². The SMILES string of the molecule is CCCC(CNCC)Oc1ccc(C)cc1. The Morgan fingerprint density at radius 3 is 2.44 bits per heavy atom. The van der Waals surface area contributed by atoms with Gasteiger partial charge in [0.1, 0.15) is 11.9 Å². The Morgan fingerprint density at radius 2 is 1.88 bits per heavy atom. The van der Waals surface area contributed by atoms with Gasteiger partial charge in [-0.3, -0.25) is 0 Å². The second-order valence-corrected chi connectivity index (χ2v) is 4.15. The molecule has 0 bridgehead atoms. The molecule has 1 aromatic carbocycles. The maximum absolute atomic E-state index is 5.95. The van der Waals surface area contributed by atoms with Crippen molar-refractivity contribution in [2.45, 2.75) is 39.7 Å². The van der Waals surface area contributed by atoms with Gasteiger partial charge in [0.05, 0.1) is 0 Å². The first-order valence-electron chi connectivity index (χ1n) is 6.20. The first-order chi connectivity index (χ1) is 7.76. The highest BCUT2D eigenvalue weighted by atomic mass is 16.5. The first kappa shape index (κ1) is 13.0. The van der Waals surface area contributed by atoms with Crippen LogP contribution in [0.4, 0.5) is 0 Å². The van der Waals surface area contributed by atoms with Crippen LogP contribution in [0.3, 0.4) is 0 Å². The number of hydrogen-bond donors (Lipinski definition) is 1. The van der Waals surface area contributed by atoms with E-state index in [1.165, 1.54) is 5.56 Å². The summed E-state index contributed by atoms with van der Waals surface area (Å²) in [6.45, 7) is 8.33. The average Bonchev–Trinajstić information content (AvgIpc) is 2.29. The maximum Gasteiger partial charge on any atom is 0.119 e. The van der Waals surface area contributed by atoms with Crippen LogP contribution in [0.1, 0.15) is 32.3 Å². The van der Waals surface area contributed by atoms with Crippen molar-refractivity contribution in [3.63, 3.8) is 0 Å². The van der Waals surface area contributed by atoms with Crippen molar-refractivity contribution < 1.29 is 4.74 Å². The van der Waals surface area contributed by atoms with E-state index in [2.05, 4.69) is 38.2 Å². The van der Waals surface area contributed by atoms with E-state index in [4.69, 9.17) is 4.74 Å². The minimum absolute atomic E-state index is 0.285. The number of aryl methyl sites for hydroxylation is 1. The van der Waals surface area contributed by atoms with Gasteiger partial charge in [0.2, 0.25) is 0 Å². The molecule has 0 fully saturated rings. The molecule has 2 heteroatoms. The van der Waals surface area contributed by atoms with E-state index < -0.39 is 0 Å². The monoisotopic (exact) mass is 221 g/mol. The Balaban J connectivity index is 2.49. The molecule has 1 unspecified atom stereocenters. The van der Waals surface area contributed by atoms with Gasteiger partial charge in [-0.05, 0) is 32.0 Å². The fourth-order valence-corrected chi connectivity index (χ4v) is 1.64. The van der Waals surface area contributed by atoms with Crippen LogP contribution in [0.25, 0.3) is 0 Å². The van der Waals surface area contributed by atoms with E-state index >= 15 is 0 Å². The molecule has 0 aromatic heterocycles. The van der Waals surface area contributed by atoms with Crippen molar-refractivity contribution in [1.82, 2.24) is 5.32 Å². The zero-order chi connectivity index (χ0) is 11.8. The van der Waals surface area contributed by atoms with Crippen LogP contribution in [-0.4, -0.2) is 19.2 Å². The lowest BCUT2D eigenvalue weighted by Gasteiger charge is -2.19. The summed E-state index contributed by atoms with van der Waals surface area (Å²) in [5, 5.41) is 3.34. The van der Waals surface area contributed by atoms with Crippen molar-refractivity contribution in [2.24, 2.45) is 0 Å². The van der Waals surface area contributed by atoms with Gasteiger partial charge in [-0.25, -0.2) is 0 Å². The molecule has 0 aliphatic heterocycles. The Bertz CT molecular complexity index is 281. The molecule has 0 saturated carbocycles. The van der Waals surface area contributed by atoms with Gasteiger partial charge in [0.25, 0.3) is 0 Å². The molecule has 2 nitrogen and oxygen atoms in total. The molecule has 1 aromatic rings. The first-order valence-corrected chi connectivity index (χ1v) is 6.20. The summed E-state index contributed by atoms with van der Waals surface area (Å²) in [6.07, 6.45) is 2.54. The zero-order valence-electron chi connectivity index (χ0n) is 10.6. The molecular formula is C14H23NO. The molecule has 1 rings (SSSR count). The van der Waals surface area contributed by atoms with Gasteiger partial charge in [-0.15, -0.1) is 0 Å². The molecule has 16 heavy (non-hydrogen) atoms. The van der Waals surface area contributed by atoms with Crippen LogP contribution >= 0.6 is 0 Å². The molecule has 1 N–H and O–H groups in total. The van der Waals surface area contributed by atoms with Crippen LogP contribution in [0.2, 0.25) is 0 Å². The number of benzene rings is 1. The Labute approximate surface area is 99.0 Å². The summed E-state index contributed by atoms with van der Waals surface area (Å²) in [6, 6.07) is 8.27. The summed E-state index contributed by atoms with van der Waals surface area (Å²) < 4.78 is 5.95. The van der Waals surface area contributed by atoms with Gasteiger partial charge >= 0.3 is 0 Å². The predicted octanol–water partition coefficient (Wildman–Crippen LogP) is 3.15. The Hall–Kier alpha value is -1.02. The molecule has 0 amide bonds. The highest BCUT2D eigenvalue weighted by Crippen LogP contribution is 2.15. The van der Waals surface area contributed by atoms with Gasteiger partial charge in [-0.2, -0.15) is 0 Å². The second-order valence-electron chi connectivity index (χ2n) is 4.15. The smallest absolute Gasteiger partial charge is 0.119 e. The van der Waals surface area contributed by atoms with Gasteiger partial charge < -0.3 is 10.1 Å². The zero-order valence-corrected chi connectivity index (χ0v) is 10.6. The van der Waals surface area contributed by atoms with Crippen molar-refractivity contribution >= 4 is 0 Å². The quantitative estimate of drug-likeness (QED) is 0.763. The average molecular weight is 221 g/mol. The molecule has 0 aliphatic rings. The van der Waals surface area contributed by atoms with Crippen molar-refractivity contribution in [3.05, 3.63) is 29.8 Å². The van der Waals surface area contributed by atoms with E-state index in [1.807, 2.05) is 12.1 Å². The highest BCUT2D eigenvalue weighted by molar-refractivity contribution is 5.26. The Kier molecular flexibility index (Phi) is 5.94. The largest absolute Gasteiger partial charge is 0.489 e. The van der Waals surface area contributed by atoms with Crippen molar-refractivity contribution in [1.29, 1.82) is 0 Å². The molecule has 1 atom stereocenters. The van der Waals surface area contributed by atoms with E-state index in [-0.39, 0.29) is 6.10 Å². The number of ether oxygens (including phenoxy) is 1. The van der Waals surface area contributed by atoms with E-state index in [1.54, 1.807) is 0 Å². The molecule has 0 spiro atoms. The minimum atomic E-state index is 0.285. The highest BCUT2D eigenvalue weighted by Gasteiger charge is 2.08. The molecule has 90 valence electrons. The van der Waals surface area contributed by atoms with Crippen molar-refractivity contribution in [2.75, 3.05) is 13.1 Å². The van der Waals surface area contributed by atoms with Gasteiger partial charge in [0, 0.05) is 6.54 Å². The van der Waals surface area contributed by atoms with Crippen LogP contribution < -0.4 is 10.1 Å². The number of likely N-dealkylation sites (N-methyl/N-ethyl adjacent to an activating group) is 1. The fourth-order valence-electron chi connectivity index (χ4n) is 1.64. The minimum Gasteiger partial charge on any atom is -0.489 e. The van der Waals surface area contributed by atoms with E-state index in [0.29, 0.717) is 0 Å². The van der Waals surface area contributed by atoms with Gasteiger partial charge in [-0.1, -0.05) is 38.0 Å². The van der Waals surface area contributed by atoms with Crippen LogP contribution in [0.5, 0.6) is 5.75 Å². The number of nitrogens with one attached hydrogen (secondary N) is 1. The molecular weight excluding hydrogens is 198 g/mol. The van der Waals surface area contributed by atoms with E-state index in [0.717, 1.165) is 31.7 Å². The molecule has 0 saturated heterocycles. The van der Waals surface area contributed by atoms with Crippen LogP contribution in [0, 0.1) is 6.92 Å². The third-order valence-corrected chi connectivity index (χ3v) is 2.56. The molecule has 0 heterocycles. The number of rotatable bonds is 7. The maximum atomic E-state index is 5.95.